The number of hydrogen-bond acceptors (Lipinski definition) is 5. The fourth-order valence-electron chi connectivity index (χ4n) is 2.86. The molecule has 2 amide bonds. The topological polar surface area (TPSA) is 84.0 Å². The molecule has 148 valence electrons. The molecule has 8 heteroatoms. The summed E-state index contributed by atoms with van der Waals surface area (Å²) in [5.41, 5.74) is 2.66. The van der Waals surface area contributed by atoms with Crippen molar-refractivity contribution in [1.29, 1.82) is 0 Å². The van der Waals surface area contributed by atoms with Gasteiger partial charge in [0.15, 0.2) is 0 Å². The Labute approximate surface area is 177 Å². The Morgan fingerprint density at radius 2 is 1.93 bits per heavy atom. The van der Waals surface area contributed by atoms with Gasteiger partial charge in [-0.1, -0.05) is 29.8 Å². The zero-order valence-corrected chi connectivity index (χ0v) is 17.1. The maximum Gasteiger partial charge on any atom is 0.265 e. The Hall–Kier alpha value is -2.77. The zero-order valence-electron chi connectivity index (χ0n) is 15.5. The van der Waals surface area contributed by atoms with E-state index in [0.717, 1.165) is 29.9 Å². The summed E-state index contributed by atoms with van der Waals surface area (Å²) >= 11 is 6.97. The lowest BCUT2D eigenvalue weighted by Crippen LogP contribution is -2.26. The number of halogens is 1. The first-order valence-corrected chi connectivity index (χ1v) is 10.5. The minimum Gasteiger partial charge on any atom is -0.351 e. The van der Waals surface area contributed by atoms with Gasteiger partial charge in [0, 0.05) is 23.7 Å². The van der Waals surface area contributed by atoms with Gasteiger partial charge in [0.25, 0.3) is 5.91 Å². The van der Waals surface area contributed by atoms with Gasteiger partial charge in [-0.3, -0.25) is 14.6 Å². The van der Waals surface area contributed by atoms with E-state index in [1.165, 1.54) is 0 Å². The highest BCUT2D eigenvalue weighted by atomic mass is 35.5. The van der Waals surface area contributed by atoms with Gasteiger partial charge < -0.3 is 10.6 Å². The molecule has 29 heavy (non-hydrogen) atoms. The van der Waals surface area contributed by atoms with Crippen LogP contribution in [0.15, 0.2) is 48.7 Å². The summed E-state index contributed by atoms with van der Waals surface area (Å²) in [6, 6.07) is 13.0. The SMILES string of the molecule is O=C(NCCc1ccc(Cl)cc1)c1snc(-c2ccccn2)c1NC(=O)C1CC1. The van der Waals surface area contributed by atoms with E-state index in [1.54, 1.807) is 6.20 Å². The van der Waals surface area contributed by atoms with E-state index in [1.807, 2.05) is 42.5 Å². The van der Waals surface area contributed by atoms with Gasteiger partial charge in [0.2, 0.25) is 5.91 Å². The van der Waals surface area contributed by atoms with Crippen LogP contribution in [0.5, 0.6) is 0 Å². The van der Waals surface area contributed by atoms with Crippen molar-refractivity contribution in [2.45, 2.75) is 19.3 Å². The molecule has 0 bridgehead atoms. The van der Waals surface area contributed by atoms with Crippen LogP contribution in [0.4, 0.5) is 5.69 Å². The van der Waals surface area contributed by atoms with Gasteiger partial charge in [-0.15, -0.1) is 0 Å². The van der Waals surface area contributed by atoms with Crippen molar-refractivity contribution < 1.29 is 9.59 Å². The summed E-state index contributed by atoms with van der Waals surface area (Å²) in [4.78, 5) is 29.8. The smallest absolute Gasteiger partial charge is 0.265 e. The lowest BCUT2D eigenvalue weighted by atomic mass is 10.1. The molecular formula is C21H19ClN4O2S. The summed E-state index contributed by atoms with van der Waals surface area (Å²) < 4.78 is 4.41. The standard InChI is InChI=1S/C21H19ClN4O2S/c22-15-8-4-13(5-9-15)10-12-24-21(28)19-18(25-20(27)14-6-7-14)17(26-29-19)16-3-1-2-11-23-16/h1-5,8-9,11,14H,6-7,10,12H2,(H,24,28)(H,25,27). The number of carbonyl (C=O) groups is 2. The van der Waals surface area contributed by atoms with Crippen LogP contribution in [0.2, 0.25) is 5.02 Å². The van der Waals surface area contributed by atoms with Crippen molar-refractivity contribution in [3.8, 4) is 11.4 Å². The summed E-state index contributed by atoms with van der Waals surface area (Å²) in [6.07, 6.45) is 4.10. The van der Waals surface area contributed by atoms with E-state index in [-0.39, 0.29) is 17.7 Å². The average Bonchev–Trinajstić information content (AvgIpc) is 3.51. The normalized spacial score (nSPS) is 13.1. The largest absolute Gasteiger partial charge is 0.351 e. The molecule has 4 rings (SSSR count). The minimum absolute atomic E-state index is 0.0206. The molecule has 6 nitrogen and oxygen atoms in total. The van der Waals surface area contributed by atoms with Gasteiger partial charge in [-0.2, -0.15) is 4.37 Å². The molecule has 1 aliphatic carbocycles. The summed E-state index contributed by atoms with van der Waals surface area (Å²) in [6.45, 7) is 0.466. The highest BCUT2D eigenvalue weighted by molar-refractivity contribution is 7.09. The Morgan fingerprint density at radius 1 is 1.14 bits per heavy atom. The third-order valence-electron chi connectivity index (χ3n) is 4.61. The number of nitrogens with zero attached hydrogens (tertiary/aromatic N) is 2. The molecule has 0 radical (unpaired) electrons. The lowest BCUT2D eigenvalue weighted by molar-refractivity contribution is -0.117. The van der Waals surface area contributed by atoms with Crippen LogP contribution in [0.3, 0.4) is 0 Å². The molecule has 3 aromatic rings. The summed E-state index contributed by atoms with van der Waals surface area (Å²) in [7, 11) is 0. The molecule has 1 saturated carbocycles. The molecular weight excluding hydrogens is 408 g/mol. The van der Waals surface area contributed by atoms with Crippen molar-refractivity contribution in [2.75, 3.05) is 11.9 Å². The number of rotatable bonds is 7. The van der Waals surface area contributed by atoms with Crippen LogP contribution in [0.1, 0.15) is 28.1 Å². The highest BCUT2D eigenvalue weighted by Crippen LogP contribution is 2.35. The number of hydrogen-bond donors (Lipinski definition) is 2. The monoisotopic (exact) mass is 426 g/mol. The molecule has 0 atom stereocenters. The van der Waals surface area contributed by atoms with Crippen molar-refractivity contribution in [3.05, 3.63) is 64.1 Å². The number of pyridine rings is 1. The molecule has 0 unspecified atom stereocenters. The number of nitrogens with one attached hydrogen (secondary N) is 2. The lowest BCUT2D eigenvalue weighted by Gasteiger charge is -2.09. The first-order chi connectivity index (χ1) is 14.1. The quantitative estimate of drug-likeness (QED) is 0.593. The van der Waals surface area contributed by atoms with Crippen molar-refractivity contribution in [2.24, 2.45) is 5.92 Å². The van der Waals surface area contributed by atoms with Gasteiger partial charge in [-0.05, 0) is 60.6 Å². The first kappa shape index (κ1) is 19.5. The second kappa shape index (κ2) is 8.71. The molecule has 1 aromatic carbocycles. The van der Waals surface area contributed by atoms with E-state index in [9.17, 15) is 9.59 Å². The molecule has 1 fully saturated rings. The minimum atomic E-state index is -0.259. The summed E-state index contributed by atoms with van der Waals surface area (Å²) in [5.74, 6) is -0.311. The maximum atomic E-state index is 12.8. The molecule has 0 spiro atoms. The van der Waals surface area contributed by atoms with Crippen molar-refractivity contribution in [1.82, 2.24) is 14.7 Å². The van der Waals surface area contributed by atoms with E-state index in [2.05, 4.69) is 20.0 Å². The molecule has 1 aliphatic rings. The predicted molar refractivity (Wildman–Crippen MR) is 114 cm³/mol. The zero-order chi connectivity index (χ0) is 20.2. The van der Waals surface area contributed by atoms with Crippen LogP contribution in [0.25, 0.3) is 11.4 Å². The van der Waals surface area contributed by atoms with Crippen molar-refractivity contribution >= 4 is 40.6 Å². The predicted octanol–water partition coefficient (Wildman–Crippen LogP) is 4.18. The number of benzene rings is 1. The average molecular weight is 427 g/mol. The fourth-order valence-corrected chi connectivity index (χ4v) is 3.75. The number of carbonyl (C=O) groups excluding carboxylic acids is 2. The van der Waals surface area contributed by atoms with Crippen molar-refractivity contribution in [3.63, 3.8) is 0 Å². The Bertz CT molecular complexity index is 1020. The second-order valence-electron chi connectivity index (χ2n) is 6.85. The molecule has 2 N–H and O–H groups in total. The van der Waals surface area contributed by atoms with Gasteiger partial charge in [-0.25, -0.2) is 0 Å². The van der Waals surface area contributed by atoms with Crippen LogP contribution in [-0.4, -0.2) is 27.7 Å². The number of aromatic nitrogens is 2. The van der Waals surface area contributed by atoms with Crippen LogP contribution in [-0.2, 0) is 11.2 Å². The fraction of sp³-hybridized carbons (Fsp3) is 0.238. The molecule has 0 aliphatic heterocycles. The number of anilines is 1. The number of amides is 2. The van der Waals surface area contributed by atoms with Gasteiger partial charge >= 0.3 is 0 Å². The second-order valence-corrected chi connectivity index (χ2v) is 8.06. The van der Waals surface area contributed by atoms with Crippen LogP contribution < -0.4 is 10.6 Å². The molecule has 2 heterocycles. The summed E-state index contributed by atoms with van der Waals surface area (Å²) in [5, 5.41) is 6.50. The van der Waals surface area contributed by atoms with Gasteiger partial charge in [0.1, 0.15) is 10.6 Å². The third-order valence-corrected chi connectivity index (χ3v) is 5.71. The van der Waals surface area contributed by atoms with E-state index in [0.29, 0.717) is 39.9 Å². The third kappa shape index (κ3) is 4.81. The Kier molecular flexibility index (Phi) is 5.87. The van der Waals surface area contributed by atoms with E-state index >= 15 is 0 Å². The van der Waals surface area contributed by atoms with Crippen LogP contribution in [0, 0.1) is 5.92 Å². The highest BCUT2D eigenvalue weighted by Gasteiger charge is 2.32. The van der Waals surface area contributed by atoms with E-state index in [4.69, 9.17) is 11.6 Å². The maximum absolute atomic E-state index is 12.8. The first-order valence-electron chi connectivity index (χ1n) is 9.36. The molecule has 0 saturated heterocycles. The van der Waals surface area contributed by atoms with E-state index < -0.39 is 0 Å². The van der Waals surface area contributed by atoms with Crippen LogP contribution >= 0.6 is 23.1 Å². The Morgan fingerprint density at radius 3 is 2.62 bits per heavy atom. The molecule has 2 aromatic heterocycles. The van der Waals surface area contributed by atoms with Gasteiger partial charge in [0.05, 0.1) is 11.4 Å². The Balaban J connectivity index is 1.50.